The average Bonchev–Trinajstić information content (AvgIpc) is 3.41. The predicted octanol–water partition coefficient (Wildman–Crippen LogP) is 6.06. The summed E-state index contributed by atoms with van der Waals surface area (Å²) in [6, 6.07) is 35.6. The number of aromatic nitrogens is 3. The summed E-state index contributed by atoms with van der Waals surface area (Å²) in [7, 11) is 0. The predicted molar refractivity (Wildman–Crippen MR) is 155 cm³/mol. The number of nitrogens with zero attached hydrogens (tertiary/aromatic N) is 4. The SMILES string of the molecule is Cc1ccc(-n2c(SCC(=O)NN=Cc3cccc(OCc4ccccc4)c3)nnc2-c2ccccc2)cc1. The van der Waals surface area contributed by atoms with E-state index in [2.05, 4.69) is 20.7 Å². The van der Waals surface area contributed by atoms with Gasteiger partial charge in [0.15, 0.2) is 11.0 Å². The van der Waals surface area contributed by atoms with E-state index in [1.165, 1.54) is 11.8 Å². The normalized spacial score (nSPS) is 11.0. The largest absolute Gasteiger partial charge is 0.489 e. The number of carbonyl (C=O) groups excluding carboxylic acids is 1. The summed E-state index contributed by atoms with van der Waals surface area (Å²) in [6.45, 7) is 2.52. The van der Waals surface area contributed by atoms with Gasteiger partial charge in [0, 0.05) is 11.3 Å². The van der Waals surface area contributed by atoms with E-state index in [-0.39, 0.29) is 11.7 Å². The van der Waals surface area contributed by atoms with Crippen LogP contribution in [0, 0.1) is 6.92 Å². The Kier molecular flexibility index (Phi) is 8.45. The molecular weight excluding hydrogens is 506 g/mol. The lowest BCUT2D eigenvalue weighted by atomic mass is 10.2. The minimum absolute atomic E-state index is 0.135. The smallest absolute Gasteiger partial charge is 0.250 e. The first-order valence-electron chi connectivity index (χ1n) is 12.4. The molecule has 5 rings (SSSR count). The standard InChI is InChI=1S/C31H27N5O2S/c1-23-15-17-27(18-16-23)36-30(26-12-6-3-7-13-26)34-35-31(36)39-22-29(37)33-32-20-25-11-8-14-28(19-25)38-21-24-9-4-2-5-10-24/h2-20H,21-22H2,1H3,(H,33,37). The van der Waals surface area contributed by atoms with Crippen molar-refractivity contribution in [2.24, 2.45) is 5.10 Å². The van der Waals surface area contributed by atoms with Crippen LogP contribution in [-0.2, 0) is 11.4 Å². The van der Waals surface area contributed by atoms with Crippen molar-refractivity contribution in [2.45, 2.75) is 18.7 Å². The second kappa shape index (κ2) is 12.7. The first-order valence-corrected chi connectivity index (χ1v) is 13.4. The Labute approximate surface area is 231 Å². The fraction of sp³-hybridized carbons (Fsp3) is 0.0968. The number of nitrogens with one attached hydrogen (secondary N) is 1. The molecule has 194 valence electrons. The van der Waals surface area contributed by atoms with Gasteiger partial charge >= 0.3 is 0 Å². The Bertz CT molecular complexity index is 1550. The van der Waals surface area contributed by atoms with E-state index in [0.717, 1.165) is 39.5 Å². The average molecular weight is 534 g/mol. The van der Waals surface area contributed by atoms with Crippen LogP contribution in [0.15, 0.2) is 119 Å². The number of hydrogen-bond acceptors (Lipinski definition) is 6. The summed E-state index contributed by atoms with van der Waals surface area (Å²) in [5, 5.41) is 13.6. The fourth-order valence-electron chi connectivity index (χ4n) is 3.83. The van der Waals surface area contributed by atoms with E-state index in [9.17, 15) is 4.79 Å². The van der Waals surface area contributed by atoms with Crippen LogP contribution in [0.3, 0.4) is 0 Å². The van der Waals surface area contributed by atoms with Crippen molar-refractivity contribution in [3.63, 3.8) is 0 Å². The lowest BCUT2D eigenvalue weighted by Crippen LogP contribution is -2.20. The monoisotopic (exact) mass is 533 g/mol. The molecule has 1 heterocycles. The molecule has 39 heavy (non-hydrogen) atoms. The highest BCUT2D eigenvalue weighted by molar-refractivity contribution is 7.99. The van der Waals surface area contributed by atoms with Crippen molar-refractivity contribution < 1.29 is 9.53 Å². The molecule has 0 bridgehead atoms. The van der Waals surface area contributed by atoms with Gasteiger partial charge in [0.2, 0.25) is 0 Å². The number of aryl methyl sites for hydroxylation is 1. The molecule has 1 N–H and O–H groups in total. The van der Waals surface area contributed by atoms with Crippen molar-refractivity contribution in [1.29, 1.82) is 0 Å². The van der Waals surface area contributed by atoms with Gasteiger partial charge in [0.25, 0.3) is 5.91 Å². The van der Waals surface area contributed by atoms with E-state index >= 15 is 0 Å². The van der Waals surface area contributed by atoms with Gasteiger partial charge in [0.05, 0.1) is 12.0 Å². The third kappa shape index (κ3) is 7.00. The molecule has 4 aromatic carbocycles. The number of rotatable bonds is 10. The Morgan fingerprint density at radius 1 is 0.923 bits per heavy atom. The Balaban J connectivity index is 1.21. The van der Waals surface area contributed by atoms with E-state index in [0.29, 0.717) is 11.8 Å². The number of benzene rings is 4. The summed E-state index contributed by atoms with van der Waals surface area (Å²) in [5.41, 5.74) is 7.54. The van der Waals surface area contributed by atoms with Crippen LogP contribution in [0.1, 0.15) is 16.7 Å². The number of thioether (sulfide) groups is 1. The Hall–Kier alpha value is -4.69. The van der Waals surface area contributed by atoms with E-state index < -0.39 is 0 Å². The zero-order chi connectivity index (χ0) is 26.9. The highest BCUT2D eigenvalue weighted by atomic mass is 32.2. The molecule has 0 radical (unpaired) electrons. The van der Waals surface area contributed by atoms with Crippen molar-refractivity contribution in [3.05, 3.63) is 126 Å². The fourth-order valence-corrected chi connectivity index (χ4v) is 4.58. The summed E-state index contributed by atoms with van der Waals surface area (Å²) in [5.74, 6) is 1.34. The van der Waals surface area contributed by atoms with Crippen LogP contribution in [0.2, 0.25) is 0 Å². The van der Waals surface area contributed by atoms with Crippen molar-refractivity contribution >= 4 is 23.9 Å². The number of carbonyl (C=O) groups is 1. The molecule has 5 aromatic rings. The molecule has 0 atom stereocenters. The maximum absolute atomic E-state index is 12.6. The number of hydrogen-bond donors (Lipinski definition) is 1. The zero-order valence-electron chi connectivity index (χ0n) is 21.4. The van der Waals surface area contributed by atoms with E-state index in [1.807, 2.05) is 121 Å². The van der Waals surface area contributed by atoms with Crippen LogP contribution in [-0.4, -0.2) is 32.6 Å². The molecule has 1 aromatic heterocycles. The first kappa shape index (κ1) is 25.9. The van der Waals surface area contributed by atoms with Gasteiger partial charge in [-0.05, 0) is 42.3 Å². The molecule has 0 spiro atoms. The van der Waals surface area contributed by atoms with Crippen molar-refractivity contribution in [1.82, 2.24) is 20.2 Å². The third-order valence-corrected chi connectivity index (χ3v) is 6.73. The highest BCUT2D eigenvalue weighted by Crippen LogP contribution is 2.28. The second-order valence-corrected chi connectivity index (χ2v) is 9.71. The van der Waals surface area contributed by atoms with Gasteiger partial charge in [-0.15, -0.1) is 10.2 Å². The van der Waals surface area contributed by atoms with Crippen molar-refractivity contribution in [2.75, 3.05) is 5.75 Å². The van der Waals surface area contributed by atoms with Gasteiger partial charge < -0.3 is 4.74 Å². The quantitative estimate of drug-likeness (QED) is 0.134. The molecule has 0 saturated heterocycles. The van der Waals surface area contributed by atoms with Gasteiger partial charge in [-0.3, -0.25) is 9.36 Å². The molecular formula is C31H27N5O2S. The van der Waals surface area contributed by atoms with Crippen LogP contribution in [0.5, 0.6) is 5.75 Å². The number of ether oxygens (including phenoxy) is 1. The maximum atomic E-state index is 12.6. The molecule has 7 nitrogen and oxygen atoms in total. The first-order chi connectivity index (χ1) is 19.2. The lowest BCUT2D eigenvalue weighted by Gasteiger charge is -2.10. The van der Waals surface area contributed by atoms with Crippen LogP contribution in [0.4, 0.5) is 0 Å². The van der Waals surface area contributed by atoms with Crippen LogP contribution < -0.4 is 10.2 Å². The number of hydrazone groups is 1. The summed E-state index contributed by atoms with van der Waals surface area (Å²) >= 11 is 1.31. The Morgan fingerprint density at radius 2 is 1.67 bits per heavy atom. The third-order valence-electron chi connectivity index (χ3n) is 5.80. The Morgan fingerprint density at radius 3 is 2.44 bits per heavy atom. The van der Waals surface area contributed by atoms with Gasteiger partial charge in [0.1, 0.15) is 12.4 Å². The molecule has 0 fully saturated rings. The second-order valence-electron chi connectivity index (χ2n) is 8.77. The topological polar surface area (TPSA) is 81.4 Å². The number of amides is 1. The van der Waals surface area contributed by atoms with Crippen LogP contribution in [0.25, 0.3) is 17.1 Å². The molecule has 1 amide bonds. The minimum atomic E-state index is -0.243. The summed E-state index contributed by atoms with van der Waals surface area (Å²) in [4.78, 5) is 12.6. The van der Waals surface area contributed by atoms with Crippen LogP contribution >= 0.6 is 11.8 Å². The molecule has 0 aliphatic rings. The summed E-state index contributed by atoms with van der Waals surface area (Å²) in [6.07, 6.45) is 1.60. The zero-order valence-corrected chi connectivity index (χ0v) is 22.2. The lowest BCUT2D eigenvalue weighted by molar-refractivity contribution is -0.118. The van der Waals surface area contributed by atoms with Gasteiger partial charge in [-0.25, -0.2) is 5.43 Å². The molecule has 8 heteroatoms. The van der Waals surface area contributed by atoms with E-state index in [1.54, 1.807) is 6.21 Å². The molecule has 0 saturated carbocycles. The van der Waals surface area contributed by atoms with Gasteiger partial charge in [-0.1, -0.05) is 102 Å². The molecule has 0 aliphatic carbocycles. The maximum Gasteiger partial charge on any atom is 0.250 e. The highest BCUT2D eigenvalue weighted by Gasteiger charge is 2.17. The minimum Gasteiger partial charge on any atom is -0.489 e. The van der Waals surface area contributed by atoms with Crippen molar-refractivity contribution in [3.8, 4) is 22.8 Å². The molecule has 0 unspecified atom stereocenters. The van der Waals surface area contributed by atoms with E-state index in [4.69, 9.17) is 4.74 Å². The molecule has 0 aliphatic heterocycles. The summed E-state index contributed by atoms with van der Waals surface area (Å²) < 4.78 is 7.84. The van der Waals surface area contributed by atoms with Gasteiger partial charge in [-0.2, -0.15) is 5.10 Å².